The molecule has 4 rings (SSSR count). The standard InChI is InChI=1S/C14H14N2O2/c1-18-11-4-2-9-13-8(6-15-9)7-16-10(14(11)13)3-5-12(16)17/h2,4,6,10,15H,3,5,7H2,1H3. The second-order valence-corrected chi connectivity index (χ2v) is 4.99. The third-order valence-electron chi connectivity index (χ3n) is 4.15. The van der Waals surface area contributed by atoms with Crippen molar-refractivity contribution < 1.29 is 9.53 Å². The number of aromatic nitrogens is 1. The summed E-state index contributed by atoms with van der Waals surface area (Å²) >= 11 is 0. The van der Waals surface area contributed by atoms with E-state index < -0.39 is 0 Å². The Balaban J connectivity index is 2.05. The van der Waals surface area contributed by atoms with Gasteiger partial charge in [-0.25, -0.2) is 0 Å². The van der Waals surface area contributed by atoms with Crippen molar-refractivity contribution in [1.29, 1.82) is 0 Å². The number of hydrogen-bond acceptors (Lipinski definition) is 2. The zero-order valence-corrected chi connectivity index (χ0v) is 10.2. The molecule has 1 aromatic heterocycles. The van der Waals surface area contributed by atoms with Crippen LogP contribution in [0, 0.1) is 0 Å². The molecule has 1 aromatic carbocycles. The van der Waals surface area contributed by atoms with Crippen molar-refractivity contribution in [3.05, 3.63) is 29.5 Å². The average Bonchev–Trinajstić information content (AvgIpc) is 2.97. The molecule has 4 nitrogen and oxygen atoms in total. The Morgan fingerprint density at radius 1 is 1.44 bits per heavy atom. The van der Waals surface area contributed by atoms with E-state index in [2.05, 4.69) is 4.98 Å². The normalized spacial score (nSPS) is 21.5. The SMILES string of the molecule is COc1ccc2[nH]cc3c2c1C1CCC(=O)N1C3. The van der Waals surface area contributed by atoms with Crippen molar-refractivity contribution >= 4 is 16.8 Å². The zero-order chi connectivity index (χ0) is 12.3. The summed E-state index contributed by atoms with van der Waals surface area (Å²) in [6.07, 6.45) is 3.56. The number of carbonyl (C=O) groups is 1. The van der Waals surface area contributed by atoms with E-state index in [0.29, 0.717) is 6.42 Å². The fourth-order valence-corrected chi connectivity index (χ4v) is 3.35. The number of hydrogen-bond donors (Lipinski definition) is 1. The fourth-order valence-electron chi connectivity index (χ4n) is 3.35. The number of carbonyl (C=O) groups excluding carboxylic acids is 1. The summed E-state index contributed by atoms with van der Waals surface area (Å²) in [7, 11) is 1.69. The summed E-state index contributed by atoms with van der Waals surface area (Å²) in [5, 5.41) is 1.25. The van der Waals surface area contributed by atoms with Gasteiger partial charge >= 0.3 is 0 Å². The van der Waals surface area contributed by atoms with Gasteiger partial charge in [-0.1, -0.05) is 0 Å². The van der Waals surface area contributed by atoms with Gasteiger partial charge in [0.2, 0.25) is 5.91 Å². The first-order chi connectivity index (χ1) is 8.79. The summed E-state index contributed by atoms with van der Waals surface area (Å²) in [5.41, 5.74) is 3.52. The summed E-state index contributed by atoms with van der Waals surface area (Å²) in [6.45, 7) is 0.726. The minimum Gasteiger partial charge on any atom is -0.496 e. The van der Waals surface area contributed by atoms with Crippen molar-refractivity contribution in [3.63, 3.8) is 0 Å². The molecule has 0 aliphatic carbocycles. The predicted octanol–water partition coefficient (Wildman–Crippen LogP) is 2.35. The van der Waals surface area contributed by atoms with E-state index in [1.54, 1.807) is 7.11 Å². The predicted molar refractivity (Wildman–Crippen MR) is 67.4 cm³/mol. The van der Waals surface area contributed by atoms with E-state index in [1.807, 2.05) is 23.2 Å². The third-order valence-corrected chi connectivity index (χ3v) is 4.15. The maximum atomic E-state index is 11.9. The number of benzene rings is 1. The molecule has 18 heavy (non-hydrogen) atoms. The van der Waals surface area contributed by atoms with Gasteiger partial charge in [0.1, 0.15) is 5.75 Å². The van der Waals surface area contributed by atoms with E-state index in [1.165, 1.54) is 16.5 Å². The van der Waals surface area contributed by atoms with Crippen molar-refractivity contribution in [2.45, 2.75) is 25.4 Å². The molecule has 2 aliphatic rings. The fraction of sp³-hybridized carbons (Fsp3) is 0.357. The smallest absolute Gasteiger partial charge is 0.223 e. The van der Waals surface area contributed by atoms with Crippen LogP contribution < -0.4 is 4.74 Å². The molecule has 1 saturated heterocycles. The second kappa shape index (κ2) is 3.28. The van der Waals surface area contributed by atoms with Crippen LogP contribution in [-0.4, -0.2) is 22.9 Å². The molecular weight excluding hydrogens is 228 g/mol. The topological polar surface area (TPSA) is 45.3 Å². The van der Waals surface area contributed by atoms with Gasteiger partial charge in [-0.15, -0.1) is 0 Å². The first-order valence-corrected chi connectivity index (χ1v) is 6.26. The monoisotopic (exact) mass is 242 g/mol. The van der Waals surface area contributed by atoms with Gasteiger partial charge in [0.15, 0.2) is 0 Å². The number of nitrogens with one attached hydrogen (secondary N) is 1. The number of aromatic amines is 1. The van der Waals surface area contributed by atoms with E-state index >= 15 is 0 Å². The van der Waals surface area contributed by atoms with Gasteiger partial charge in [-0.2, -0.15) is 0 Å². The molecule has 1 fully saturated rings. The molecule has 92 valence electrons. The Kier molecular flexibility index (Phi) is 1.82. The van der Waals surface area contributed by atoms with Gasteiger partial charge in [0.25, 0.3) is 0 Å². The van der Waals surface area contributed by atoms with Gasteiger partial charge in [0.05, 0.1) is 13.2 Å². The van der Waals surface area contributed by atoms with Gasteiger partial charge in [0, 0.05) is 35.6 Å². The number of ether oxygens (including phenoxy) is 1. The highest BCUT2D eigenvalue weighted by Gasteiger charge is 2.38. The highest BCUT2D eigenvalue weighted by molar-refractivity contribution is 5.92. The lowest BCUT2D eigenvalue weighted by Gasteiger charge is -2.31. The van der Waals surface area contributed by atoms with Crippen molar-refractivity contribution in [2.75, 3.05) is 7.11 Å². The molecule has 0 radical (unpaired) electrons. The third kappa shape index (κ3) is 1.08. The molecule has 2 aromatic rings. The molecule has 1 atom stereocenters. The van der Waals surface area contributed by atoms with Crippen LogP contribution in [0.25, 0.3) is 10.9 Å². The highest BCUT2D eigenvalue weighted by Crippen LogP contribution is 2.46. The maximum absolute atomic E-state index is 11.9. The molecule has 1 amide bonds. The van der Waals surface area contributed by atoms with E-state index in [-0.39, 0.29) is 11.9 Å². The molecule has 4 heteroatoms. The number of nitrogens with zero attached hydrogens (tertiary/aromatic N) is 1. The Hall–Kier alpha value is -1.97. The molecular formula is C14H14N2O2. The summed E-state index contributed by atoms with van der Waals surface area (Å²) in [6, 6.07) is 4.23. The van der Waals surface area contributed by atoms with Gasteiger partial charge < -0.3 is 14.6 Å². The first-order valence-electron chi connectivity index (χ1n) is 6.26. The van der Waals surface area contributed by atoms with Crippen molar-refractivity contribution in [2.24, 2.45) is 0 Å². The number of amides is 1. The van der Waals surface area contributed by atoms with Crippen LogP contribution in [0.3, 0.4) is 0 Å². The summed E-state index contributed by atoms with van der Waals surface area (Å²) in [5.74, 6) is 1.15. The van der Waals surface area contributed by atoms with Crippen LogP contribution in [0.1, 0.15) is 30.0 Å². The molecule has 2 aliphatic heterocycles. The average molecular weight is 242 g/mol. The molecule has 1 unspecified atom stereocenters. The molecule has 1 N–H and O–H groups in total. The van der Waals surface area contributed by atoms with Gasteiger partial charge in [-0.05, 0) is 24.1 Å². The quantitative estimate of drug-likeness (QED) is 0.834. The summed E-state index contributed by atoms with van der Waals surface area (Å²) < 4.78 is 5.49. The number of rotatable bonds is 1. The zero-order valence-electron chi connectivity index (χ0n) is 10.2. The van der Waals surface area contributed by atoms with Crippen LogP contribution in [0.15, 0.2) is 18.3 Å². The number of H-pyrrole nitrogens is 1. The Bertz CT molecular complexity index is 659. The van der Waals surface area contributed by atoms with Crippen LogP contribution in [0.4, 0.5) is 0 Å². The largest absolute Gasteiger partial charge is 0.496 e. The van der Waals surface area contributed by atoms with Gasteiger partial charge in [-0.3, -0.25) is 4.79 Å². The Morgan fingerprint density at radius 3 is 3.17 bits per heavy atom. The lowest BCUT2D eigenvalue weighted by Crippen LogP contribution is -2.30. The number of fused-ring (bicyclic) bond motifs is 2. The molecule has 0 spiro atoms. The van der Waals surface area contributed by atoms with Crippen LogP contribution in [-0.2, 0) is 11.3 Å². The Morgan fingerprint density at radius 2 is 2.33 bits per heavy atom. The van der Waals surface area contributed by atoms with Crippen LogP contribution in [0.5, 0.6) is 5.75 Å². The minimum absolute atomic E-state index is 0.194. The molecule has 3 heterocycles. The van der Waals surface area contributed by atoms with Crippen LogP contribution in [0.2, 0.25) is 0 Å². The maximum Gasteiger partial charge on any atom is 0.223 e. The highest BCUT2D eigenvalue weighted by atomic mass is 16.5. The Labute approximate surface area is 105 Å². The number of methoxy groups -OCH3 is 1. The van der Waals surface area contributed by atoms with E-state index in [4.69, 9.17) is 4.74 Å². The van der Waals surface area contributed by atoms with Crippen molar-refractivity contribution in [3.8, 4) is 5.75 Å². The summed E-state index contributed by atoms with van der Waals surface area (Å²) in [4.78, 5) is 17.2. The molecule has 0 saturated carbocycles. The second-order valence-electron chi connectivity index (χ2n) is 4.99. The van der Waals surface area contributed by atoms with Crippen molar-refractivity contribution in [1.82, 2.24) is 9.88 Å². The lowest BCUT2D eigenvalue weighted by molar-refractivity contribution is -0.129. The van der Waals surface area contributed by atoms with Crippen LogP contribution >= 0.6 is 0 Å². The molecule has 0 bridgehead atoms. The van der Waals surface area contributed by atoms with E-state index in [0.717, 1.165) is 24.2 Å². The minimum atomic E-state index is 0.194. The first kappa shape index (κ1) is 10.00. The lowest BCUT2D eigenvalue weighted by atomic mass is 9.93. The van der Waals surface area contributed by atoms with E-state index in [9.17, 15) is 4.79 Å².